The number of nitrogens with one attached hydrogen (secondary N) is 1. The van der Waals surface area contributed by atoms with E-state index in [4.69, 9.17) is 9.26 Å². The molecule has 3 aromatic rings. The van der Waals surface area contributed by atoms with Crippen LogP contribution < -0.4 is 5.32 Å². The van der Waals surface area contributed by atoms with Crippen LogP contribution in [-0.4, -0.2) is 33.3 Å². The molecule has 7 nitrogen and oxygen atoms in total. The van der Waals surface area contributed by atoms with Crippen molar-refractivity contribution in [3.05, 3.63) is 29.0 Å². The number of anilines is 1. The van der Waals surface area contributed by atoms with Crippen LogP contribution >= 0.6 is 11.3 Å². The Hall–Kier alpha value is -2.06. The average molecular weight is 345 g/mol. The van der Waals surface area contributed by atoms with Gasteiger partial charge in [-0.15, -0.1) is 11.3 Å². The molecule has 0 radical (unpaired) electrons. The lowest BCUT2D eigenvalue weighted by atomic mass is 9.91. The molecular weight excluding hydrogens is 326 g/mol. The Kier molecular flexibility index (Phi) is 4.15. The summed E-state index contributed by atoms with van der Waals surface area (Å²) in [4.78, 5) is 15.4. The fraction of sp³-hybridized carbons (Fsp3) is 0.500. The average Bonchev–Trinajstić information content (AvgIpc) is 3.18. The highest BCUT2D eigenvalue weighted by Crippen LogP contribution is 2.35. The Morgan fingerprint density at radius 1 is 1.25 bits per heavy atom. The highest BCUT2D eigenvalue weighted by molar-refractivity contribution is 7.18. The Balaban J connectivity index is 1.70. The van der Waals surface area contributed by atoms with Gasteiger partial charge < -0.3 is 14.6 Å². The van der Waals surface area contributed by atoms with Gasteiger partial charge in [0.25, 0.3) is 0 Å². The van der Waals surface area contributed by atoms with E-state index in [0.29, 0.717) is 17.6 Å². The first-order valence-corrected chi connectivity index (χ1v) is 8.88. The molecule has 4 rings (SSSR count). The van der Waals surface area contributed by atoms with Gasteiger partial charge in [-0.3, -0.25) is 0 Å². The summed E-state index contributed by atoms with van der Waals surface area (Å²) in [6.07, 6.45) is 3.51. The summed E-state index contributed by atoms with van der Waals surface area (Å²) in [6, 6.07) is 2.04. The molecular formula is C16H19N5O2S. The van der Waals surface area contributed by atoms with Gasteiger partial charge >= 0.3 is 0 Å². The number of rotatable bonds is 4. The molecule has 0 aromatic carbocycles. The Morgan fingerprint density at radius 2 is 2.08 bits per heavy atom. The summed E-state index contributed by atoms with van der Waals surface area (Å²) < 4.78 is 11.0. The monoisotopic (exact) mass is 345 g/mol. The molecule has 4 heterocycles. The van der Waals surface area contributed by atoms with Gasteiger partial charge in [0, 0.05) is 18.1 Å². The molecule has 1 saturated heterocycles. The standard InChI is InChI=1S/C16H19N5O2S/c1-9-7-12-14(17-8-18-16(12)24-9)20-13(11-3-5-22-6-4-11)15-19-10(2)21-23-15/h7-8,11,13H,3-6H2,1-2H3,(H,17,18,20)/t13-/m1/s1. The van der Waals surface area contributed by atoms with Crippen LogP contribution in [0, 0.1) is 19.8 Å². The van der Waals surface area contributed by atoms with Crippen LogP contribution in [0.15, 0.2) is 16.9 Å². The normalized spacial score (nSPS) is 17.2. The highest BCUT2D eigenvalue weighted by Gasteiger charge is 2.30. The first-order chi connectivity index (χ1) is 11.7. The molecule has 1 aliphatic heterocycles. The third-order valence-electron chi connectivity index (χ3n) is 4.29. The number of hydrogen-bond donors (Lipinski definition) is 1. The summed E-state index contributed by atoms with van der Waals surface area (Å²) in [5.41, 5.74) is 0. The summed E-state index contributed by atoms with van der Waals surface area (Å²) in [5.74, 6) is 2.43. The number of hydrogen-bond acceptors (Lipinski definition) is 8. The number of ether oxygens (including phenoxy) is 1. The summed E-state index contributed by atoms with van der Waals surface area (Å²) >= 11 is 1.67. The van der Waals surface area contributed by atoms with Crippen molar-refractivity contribution in [2.45, 2.75) is 32.7 Å². The minimum atomic E-state index is -0.0755. The molecule has 24 heavy (non-hydrogen) atoms. The van der Waals surface area contributed by atoms with Crippen LogP contribution in [0.5, 0.6) is 0 Å². The Morgan fingerprint density at radius 3 is 2.83 bits per heavy atom. The molecule has 1 aliphatic rings. The third kappa shape index (κ3) is 2.99. The van der Waals surface area contributed by atoms with E-state index in [0.717, 1.165) is 42.1 Å². The van der Waals surface area contributed by atoms with Gasteiger partial charge in [-0.05, 0) is 38.7 Å². The molecule has 1 fully saturated rings. The first-order valence-electron chi connectivity index (χ1n) is 8.06. The van der Waals surface area contributed by atoms with Crippen molar-refractivity contribution >= 4 is 27.4 Å². The van der Waals surface area contributed by atoms with Crippen LogP contribution in [-0.2, 0) is 4.74 Å². The number of aromatic nitrogens is 4. The van der Waals surface area contributed by atoms with Crippen LogP contribution in [0.3, 0.4) is 0 Å². The van der Waals surface area contributed by atoms with Gasteiger partial charge in [-0.1, -0.05) is 5.16 Å². The Bertz CT molecular complexity index is 840. The Labute approximate surface area is 143 Å². The van der Waals surface area contributed by atoms with Crippen molar-refractivity contribution in [1.29, 1.82) is 0 Å². The highest BCUT2D eigenvalue weighted by atomic mass is 32.1. The predicted octanol–water partition coefficient (Wildman–Crippen LogP) is 3.27. The van der Waals surface area contributed by atoms with E-state index in [1.165, 1.54) is 4.88 Å². The molecule has 0 saturated carbocycles. The van der Waals surface area contributed by atoms with Crippen molar-refractivity contribution in [3.8, 4) is 0 Å². The van der Waals surface area contributed by atoms with Crippen molar-refractivity contribution in [1.82, 2.24) is 20.1 Å². The van der Waals surface area contributed by atoms with Crippen molar-refractivity contribution in [3.63, 3.8) is 0 Å². The smallest absolute Gasteiger partial charge is 0.249 e. The number of fused-ring (bicyclic) bond motifs is 1. The lowest BCUT2D eigenvalue weighted by molar-refractivity contribution is 0.0571. The van der Waals surface area contributed by atoms with E-state index in [1.807, 2.05) is 6.92 Å². The van der Waals surface area contributed by atoms with E-state index < -0.39 is 0 Å². The maximum absolute atomic E-state index is 5.50. The molecule has 0 spiro atoms. The SMILES string of the molecule is Cc1noc([C@H](Nc2ncnc3sc(C)cc23)C2CCOCC2)n1. The molecule has 1 N–H and O–H groups in total. The van der Waals surface area contributed by atoms with E-state index in [-0.39, 0.29) is 6.04 Å². The maximum Gasteiger partial charge on any atom is 0.249 e. The van der Waals surface area contributed by atoms with Crippen LogP contribution in [0.25, 0.3) is 10.2 Å². The number of nitrogens with zero attached hydrogens (tertiary/aromatic N) is 4. The topological polar surface area (TPSA) is 86.0 Å². The number of aryl methyl sites for hydroxylation is 2. The third-order valence-corrected chi connectivity index (χ3v) is 5.25. The quantitative estimate of drug-likeness (QED) is 0.776. The van der Waals surface area contributed by atoms with Crippen LogP contribution in [0.2, 0.25) is 0 Å². The minimum absolute atomic E-state index is 0.0755. The van der Waals surface area contributed by atoms with E-state index in [9.17, 15) is 0 Å². The van der Waals surface area contributed by atoms with Crippen LogP contribution in [0.1, 0.15) is 35.5 Å². The van der Waals surface area contributed by atoms with Gasteiger partial charge in [0.1, 0.15) is 23.0 Å². The summed E-state index contributed by atoms with van der Waals surface area (Å²) in [7, 11) is 0. The molecule has 1 atom stereocenters. The molecule has 126 valence electrons. The van der Waals surface area contributed by atoms with Crippen molar-refractivity contribution in [2.75, 3.05) is 18.5 Å². The predicted molar refractivity (Wildman–Crippen MR) is 91.1 cm³/mol. The van der Waals surface area contributed by atoms with Gasteiger partial charge in [-0.25, -0.2) is 9.97 Å². The van der Waals surface area contributed by atoms with Crippen LogP contribution in [0.4, 0.5) is 5.82 Å². The largest absolute Gasteiger partial charge is 0.381 e. The lowest BCUT2D eigenvalue weighted by Gasteiger charge is -2.29. The van der Waals surface area contributed by atoms with Gasteiger partial charge in [0.15, 0.2) is 5.82 Å². The maximum atomic E-state index is 5.50. The first kappa shape index (κ1) is 15.5. The van der Waals surface area contributed by atoms with Crippen molar-refractivity contribution < 1.29 is 9.26 Å². The van der Waals surface area contributed by atoms with Gasteiger partial charge in [-0.2, -0.15) is 4.98 Å². The lowest BCUT2D eigenvalue weighted by Crippen LogP contribution is -2.27. The zero-order valence-corrected chi connectivity index (χ0v) is 14.5. The van der Waals surface area contributed by atoms with Crippen molar-refractivity contribution in [2.24, 2.45) is 5.92 Å². The summed E-state index contributed by atoms with van der Waals surface area (Å²) in [5, 5.41) is 8.53. The summed E-state index contributed by atoms with van der Waals surface area (Å²) in [6.45, 7) is 5.42. The number of thiophene rings is 1. The minimum Gasteiger partial charge on any atom is -0.381 e. The van der Waals surface area contributed by atoms with Gasteiger partial charge in [0.2, 0.25) is 5.89 Å². The second-order valence-electron chi connectivity index (χ2n) is 6.05. The molecule has 8 heteroatoms. The van der Waals surface area contributed by atoms with E-state index >= 15 is 0 Å². The molecule has 3 aromatic heterocycles. The molecule has 0 bridgehead atoms. The van der Waals surface area contributed by atoms with Gasteiger partial charge in [0.05, 0.1) is 5.39 Å². The molecule has 0 amide bonds. The van der Waals surface area contributed by atoms with E-state index in [2.05, 4.69) is 38.4 Å². The zero-order chi connectivity index (χ0) is 16.5. The second kappa shape index (κ2) is 6.45. The zero-order valence-electron chi connectivity index (χ0n) is 13.7. The fourth-order valence-electron chi connectivity index (χ4n) is 3.11. The molecule has 0 unspecified atom stereocenters. The van der Waals surface area contributed by atoms with E-state index in [1.54, 1.807) is 17.7 Å². The molecule has 0 aliphatic carbocycles. The second-order valence-corrected chi connectivity index (χ2v) is 7.28. The fourth-order valence-corrected chi connectivity index (χ4v) is 3.96.